The van der Waals surface area contributed by atoms with Crippen molar-refractivity contribution in [1.82, 2.24) is 4.98 Å². The predicted octanol–water partition coefficient (Wildman–Crippen LogP) is 3.62. The lowest BCUT2D eigenvalue weighted by Crippen LogP contribution is -2.20. The van der Waals surface area contributed by atoms with Gasteiger partial charge in [0, 0.05) is 0 Å². The van der Waals surface area contributed by atoms with E-state index in [2.05, 4.69) is 10.3 Å². The molecular weight excluding hydrogens is 284 g/mol. The lowest BCUT2D eigenvalue weighted by molar-refractivity contribution is -0.118. The van der Waals surface area contributed by atoms with Gasteiger partial charge in [-0.15, -0.1) is 0 Å². The Hall–Kier alpha value is -2.40. The maximum atomic E-state index is 11.9. The number of rotatable bonds is 4. The van der Waals surface area contributed by atoms with E-state index in [1.165, 1.54) is 11.3 Å². The maximum absolute atomic E-state index is 11.9. The van der Waals surface area contributed by atoms with E-state index in [0.717, 1.165) is 21.5 Å². The van der Waals surface area contributed by atoms with Crippen LogP contribution in [0.15, 0.2) is 48.5 Å². The summed E-state index contributed by atoms with van der Waals surface area (Å²) in [5, 5.41) is 3.36. The summed E-state index contributed by atoms with van der Waals surface area (Å²) in [5.41, 5.74) is 1.89. The molecule has 1 N–H and O–H groups in total. The van der Waals surface area contributed by atoms with Crippen LogP contribution in [0.2, 0.25) is 0 Å². The number of aromatic nitrogens is 1. The molecule has 5 heteroatoms. The highest BCUT2D eigenvalue weighted by atomic mass is 32.1. The number of thiazole rings is 1. The Labute approximate surface area is 126 Å². The van der Waals surface area contributed by atoms with Crippen molar-refractivity contribution < 1.29 is 9.53 Å². The Balaban J connectivity index is 1.62. The number of amides is 1. The van der Waals surface area contributed by atoms with Crippen molar-refractivity contribution in [1.29, 1.82) is 0 Å². The van der Waals surface area contributed by atoms with Crippen molar-refractivity contribution in [3.8, 4) is 5.75 Å². The first kappa shape index (κ1) is 13.6. The second kappa shape index (κ2) is 5.93. The van der Waals surface area contributed by atoms with E-state index in [-0.39, 0.29) is 12.5 Å². The molecule has 3 aromatic rings. The van der Waals surface area contributed by atoms with Crippen LogP contribution in [0.25, 0.3) is 10.2 Å². The molecule has 1 aromatic heterocycles. The molecule has 106 valence electrons. The molecule has 1 heterocycles. The van der Waals surface area contributed by atoms with Gasteiger partial charge in [-0.25, -0.2) is 4.98 Å². The number of hydrogen-bond acceptors (Lipinski definition) is 4. The van der Waals surface area contributed by atoms with E-state index in [0.29, 0.717) is 5.13 Å². The lowest BCUT2D eigenvalue weighted by Gasteiger charge is -2.07. The highest BCUT2D eigenvalue weighted by Gasteiger charge is 2.08. The highest BCUT2D eigenvalue weighted by Crippen LogP contribution is 2.25. The number of fused-ring (bicyclic) bond motifs is 1. The molecule has 0 aliphatic carbocycles. The van der Waals surface area contributed by atoms with Gasteiger partial charge in [0.1, 0.15) is 5.75 Å². The molecule has 0 unspecified atom stereocenters. The minimum Gasteiger partial charge on any atom is -0.483 e. The van der Waals surface area contributed by atoms with Gasteiger partial charge in [-0.2, -0.15) is 0 Å². The number of aryl methyl sites for hydroxylation is 1. The number of carbonyl (C=O) groups is 1. The Bertz CT molecular complexity index is 750. The van der Waals surface area contributed by atoms with E-state index in [1.807, 2.05) is 55.5 Å². The minimum absolute atomic E-state index is 0.0270. The summed E-state index contributed by atoms with van der Waals surface area (Å²) in [5.74, 6) is 0.509. The summed E-state index contributed by atoms with van der Waals surface area (Å²) in [4.78, 5) is 16.3. The van der Waals surface area contributed by atoms with Crippen molar-refractivity contribution in [2.24, 2.45) is 0 Å². The highest BCUT2D eigenvalue weighted by molar-refractivity contribution is 7.22. The van der Waals surface area contributed by atoms with Gasteiger partial charge in [-0.1, -0.05) is 41.7 Å². The second-order valence-corrected chi connectivity index (χ2v) is 5.62. The average molecular weight is 298 g/mol. The first-order valence-corrected chi connectivity index (χ1v) is 7.38. The number of anilines is 1. The molecule has 3 rings (SSSR count). The Morgan fingerprint density at radius 3 is 2.76 bits per heavy atom. The summed E-state index contributed by atoms with van der Waals surface area (Å²) in [6.07, 6.45) is 0. The third-order valence-corrected chi connectivity index (χ3v) is 3.94. The van der Waals surface area contributed by atoms with E-state index >= 15 is 0 Å². The molecule has 0 saturated heterocycles. The Morgan fingerprint density at radius 1 is 1.19 bits per heavy atom. The van der Waals surface area contributed by atoms with Crippen LogP contribution < -0.4 is 10.1 Å². The summed E-state index contributed by atoms with van der Waals surface area (Å²) >= 11 is 1.45. The molecule has 1 amide bonds. The minimum atomic E-state index is -0.211. The van der Waals surface area contributed by atoms with Crippen molar-refractivity contribution >= 4 is 32.6 Å². The third kappa shape index (κ3) is 3.20. The zero-order chi connectivity index (χ0) is 14.7. The number of benzene rings is 2. The number of nitrogens with zero attached hydrogens (tertiary/aromatic N) is 1. The molecule has 0 atom stereocenters. The molecule has 2 aromatic carbocycles. The quantitative estimate of drug-likeness (QED) is 0.800. The molecule has 0 radical (unpaired) electrons. The number of ether oxygens (including phenoxy) is 1. The fourth-order valence-electron chi connectivity index (χ4n) is 1.94. The first-order chi connectivity index (χ1) is 10.2. The van der Waals surface area contributed by atoms with Crippen molar-refractivity contribution in [2.45, 2.75) is 6.92 Å². The standard InChI is InChI=1S/C16H14N2O2S/c1-11-6-2-4-8-13(11)20-10-15(19)18-16-17-12-7-3-5-9-14(12)21-16/h2-9H,10H2,1H3,(H,17,18,19). The van der Waals surface area contributed by atoms with Crippen LogP contribution in [0.4, 0.5) is 5.13 Å². The normalized spacial score (nSPS) is 10.5. The lowest BCUT2D eigenvalue weighted by atomic mass is 10.2. The molecule has 0 aliphatic rings. The summed E-state index contributed by atoms with van der Waals surface area (Å²) in [6, 6.07) is 15.4. The van der Waals surface area contributed by atoms with Gasteiger partial charge in [0.2, 0.25) is 0 Å². The molecule has 21 heavy (non-hydrogen) atoms. The molecule has 0 fully saturated rings. The second-order valence-electron chi connectivity index (χ2n) is 4.59. The summed E-state index contributed by atoms with van der Waals surface area (Å²) in [6.45, 7) is 1.92. The van der Waals surface area contributed by atoms with Crippen LogP contribution in [-0.4, -0.2) is 17.5 Å². The maximum Gasteiger partial charge on any atom is 0.264 e. The van der Waals surface area contributed by atoms with Crippen LogP contribution in [0.5, 0.6) is 5.75 Å². The van der Waals surface area contributed by atoms with Crippen molar-refractivity contribution in [2.75, 3.05) is 11.9 Å². The monoisotopic (exact) mass is 298 g/mol. The summed E-state index contributed by atoms with van der Waals surface area (Å²) in [7, 11) is 0. The van der Waals surface area contributed by atoms with E-state index in [9.17, 15) is 4.79 Å². The van der Waals surface area contributed by atoms with E-state index in [4.69, 9.17) is 4.74 Å². The average Bonchev–Trinajstić information content (AvgIpc) is 2.88. The molecule has 0 bridgehead atoms. The van der Waals surface area contributed by atoms with Crippen molar-refractivity contribution in [3.63, 3.8) is 0 Å². The predicted molar refractivity (Wildman–Crippen MR) is 84.9 cm³/mol. The zero-order valence-electron chi connectivity index (χ0n) is 11.5. The SMILES string of the molecule is Cc1ccccc1OCC(=O)Nc1nc2ccccc2s1. The van der Waals surface area contributed by atoms with Gasteiger partial charge in [-0.05, 0) is 30.7 Å². The van der Waals surface area contributed by atoms with Gasteiger partial charge >= 0.3 is 0 Å². The fourth-order valence-corrected chi connectivity index (χ4v) is 2.82. The number of para-hydroxylation sites is 2. The topological polar surface area (TPSA) is 51.2 Å². The van der Waals surface area contributed by atoms with Gasteiger partial charge in [0.15, 0.2) is 11.7 Å². The van der Waals surface area contributed by atoms with Crippen LogP contribution in [-0.2, 0) is 4.79 Å². The van der Waals surface area contributed by atoms with Gasteiger partial charge < -0.3 is 4.74 Å². The van der Waals surface area contributed by atoms with E-state index < -0.39 is 0 Å². The van der Waals surface area contributed by atoms with Crippen LogP contribution in [0.1, 0.15) is 5.56 Å². The number of carbonyl (C=O) groups excluding carboxylic acids is 1. The number of hydrogen-bond donors (Lipinski definition) is 1. The molecule has 0 spiro atoms. The van der Waals surface area contributed by atoms with Gasteiger partial charge in [0.05, 0.1) is 10.2 Å². The van der Waals surface area contributed by atoms with Crippen LogP contribution >= 0.6 is 11.3 Å². The Kier molecular flexibility index (Phi) is 3.83. The smallest absolute Gasteiger partial charge is 0.264 e. The van der Waals surface area contributed by atoms with Gasteiger partial charge in [-0.3, -0.25) is 10.1 Å². The Morgan fingerprint density at radius 2 is 1.95 bits per heavy atom. The molecule has 0 aliphatic heterocycles. The zero-order valence-corrected chi connectivity index (χ0v) is 12.3. The first-order valence-electron chi connectivity index (χ1n) is 6.56. The van der Waals surface area contributed by atoms with Crippen LogP contribution in [0.3, 0.4) is 0 Å². The molecule has 0 saturated carbocycles. The molecule has 4 nitrogen and oxygen atoms in total. The van der Waals surface area contributed by atoms with Crippen LogP contribution in [0, 0.1) is 6.92 Å². The fraction of sp³-hybridized carbons (Fsp3) is 0.125. The largest absolute Gasteiger partial charge is 0.483 e. The summed E-state index contributed by atoms with van der Waals surface area (Å²) < 4.78 is 6.56. The van der Waals surface area contributed by atoms with Gasteiger partial charge in [0.25, 0.3) is 5.91 Å². The number of nitrogens with one attached hydrogen (secondary N) is 1. The molecular formula is C16H14N2O2S. The van der Waals surface area contributed by atoms with E-state index in [1.54, 1.807) is 0 Å². The van der Waals surface area contributed by atoms with Crippen molar-refractivity contribution in [3.05, 3.63) is 54.1 Å². The third-order valence-electron chi connectivity index (χ3n) is 2.99.